The molecule has 0 radical (unpaired) electrons. The molecule has 1 atom stereocenters. The number of aromatic nitrogens is 5. The molecule has 6 aromatic rings. The molecular formula is C43H47N7O4. The number of H-pyrrole nitrogens is 1. The van der Waals surface area contributed by atoms with Gasteiger partial charge >= 0.3 is 6.09 Å². The monoisotopic (exact) mass is 725 g/mol. The lowest BCUT2D eigenvalue weighted by Gasteiger charge is -2.27. The smallest absolute Gasteiger partial charge is 0.410 e. The molecule has 1 fully saturated rings. The highest BCUT2D eigenvalue weighted by Gasteiger charge is 2.27. The zero-order valence-corrected chi connectivity index (χ0v) is 31.6. The van der Waals surface area contributed by atoms with Crippen LogP contribution in [0.1, 0.15) is 80.4 Å². The number of nitrogens with zero attached hydrogens (tertiary/aromatic N) is 5. The Hall–Kier alpha value is -5.81. The van der Waals surface area contributed by atoms with Crippen LogP contribution in [0.15, 0.2) is 91.3 Å². The minimum atomic E-state index is -0.595. The number of nitrogens with one attached hydrogen (secondary N) is 2. The van der Waals surface area contributed by atoms with Crippen LogP contribution >= 0.6 is 0 Å². The summed E-state index contributed by atoms with van der Waals surface area (Å²) in [6.07, 6.45) is 5.98. The van der Waals surface area contributed by atoms with Gasteiger partial charge in [0.2, 0.25) is 0 Å². The lowest BCUT2D eigenvalue weighted by atomic mass is 9.97. The maximum Gasteiger partial charge on any atom is 0.410 e. The summed E-state index contributed by atoms with van der Waals surface area (Å²) in [6, 6.07) is 25.8. The normalized spacial score (nSPS) is 14.6. The van der Waals surface area contributed by atoms with E-state index in [9.17, 15) is 9.59 Å². The molecule has 54 heavy (non-hydrogen) atoms. The number of amides is 2. The third-order valence-electron chi connectivity index (χ3n) is 9.66. The second-order valence-electron chi connectivity index (χ2n) is 14.7. The Morgan fingerprint density at radius 2 is 1.74 bits per heavy atom. The molecule has 0 aliphatic carbocycles. The topological polar surface area (TPSA) is 127 Å². The van der Waals surface area contributed by atoms with Gasteiger partial charge in [0, 0.05) is 48.6 Å². The number of fused-ring (bicyclic) bond motifs is 1. The van der Waals surface area contributed by atoms with E-state index in [1.165, 1.54) is 0 Å². The molecule has 1 saturated heterocycles. The van der Waals surface area contributed by atoms with Gasteiger partial charge in [-0.2, -0.15) is 5.10 Å². The number of carbonyl (C=O) groups excluding carboxylic acids is 2. The Morgan fingerprint density at radius 3 is 2.44 bits per heavy atom. The molecule has 4 heterocycles. The highest BCUT2D eigenvalue weighted by Crippen LogP contribution is 2.37. The van der Waals surface area contributed by atoms with Crippen molar-refractivity contribution in [3.8, 4) is 33.9 Å². The molecular weight excluding hydrogens is 679 g/mol. The van der Waals surface area contributed by atoms with Crippen molar-refractivity contribution in [2.24, 2.45) is 0 Å². The Kier molecular flexibility index (Phi) is 10.6. The highest BCUT2D eigenvalue weighted by atomic mass is 16.6. The number of hydrogen-bond donors (Lipinski definition) is 2. The van der Waals surface area contributed by atoms with Gasteiger partial charge in [0.05, 0.1) is 12.1 Å². The number of carbonyl (C=O) groups is 2. The lowest BCUT2D eigenvalue weighted by molar-refractivity contribution is -0.0365. The first-order chi connectivity index (χ1) is 26.1. The van der Waals surface area contributed by atoms with Crippen molar-refractivity contribution in [1.29, 1.82) is 0 Å². The van der Waals surface area contributed by atoms with Crippen LogP contribution in [0.3, 0.4) is 0 Å². The first-order valence-corrected chi connectivity index (χ1v) is 18.6. The number of ether oxygens (including phenoxy) is 2. The fourth-order valence-corrected chi connectivity index (χ4v) is 6.80. The van der Waals surface area contributed by atoms with Crippen LogP contribution < -0.4 is 5.32 Å². The predicted octanol–water partition coefficient (Wildman–Crippen LogP) is 8.85. The lowest BCUT2D eigenvalue weighted by Crippen LogP contribution is -2.36. The van der Waals surface area contributed by atoms with E-state index in [0.29, 0.717) is 49.1 Å². The molecule has 278 valence electrons. The molecule has 3 aromatic heterocycles. The third-order valence-corrected chi connectivity index (χ3v) is 9.66. The Balaban J connectivity index is 1.30. The number of aromatic amines is 1. The van der Waals surface area contributed by atoms with Crippen LogP contribution in [0, 0.1) is 6.92 Å². The van der Waals surface area contributed by atoms with E-state index in [1.807, 2.05) is 105 Å². The van der Waals surface area contributed by atoms with Crippen LogP contribution in [0.5, 0.6) is 0 Å². The minimum absolute atomic E-state index is 0.224. The minimum Gasteiger partial charge on any atom is -0.444 e. The van der Waals surface area contributed by atoms with Gasteiger partial charge in [0.15, 0.2) is 12.1 Å². The first kappa shape index (κ1) is 36.5. The molecule has 1 aliphatic heterocycles. The maximum absolute atomic E-state index is 13.8. The average Bonchev–Trinajstić information content (AvgIpc) is 3.79. The number of hydrogen-bond acceptors (Lipinski definition) is 7. The standard InChI is InChI=1S/C43H47N7O4/c1-6-49(42(52)54-43(3,4)5)27-32-25-44-26-34(28(32)2)31-20-21-35-33(23-31)38(48-50(35)36-19-13-14-22-53-36)40-46-37(30-17-11-8-12-18-30)39(47-40)41(51)45-24-29-15-9-7-10-16-29/h7-12,15-18,20-21,23,25-26,36H,6,13-14,19,22,24,27H2,1-5H3,(H,45,51)(H,46,47). The maximum atomic E-state index is 13.8. The number of pyridine rings is 1. The van der Waals surface area contributed by atoms with E-state index in [4.69, 9.17) is 19.6 Å². The molecule has 11 nitrogen and oxygen atoms in total. The van der Waals surface area contributed by atoms with E-state index in [-0.39, 0.29) is 18.2 Å². The van der Waals surface area contributed by atoms with Gasteiger partial charge in [0.25, 0.3) is 5.91 Å². The Bertz CT molecular complexity index is 2250. The molecule has 0 bridgehead atoms. The quantitative estimate of drug-likeness (QED) is 0.144. The number of benzene rings is 3. The van der Waals surface area contributed by atoms with Gasteiger partial charge in [-0.1, -0.05) is 66.7 Å². The highest BCUT2D eigenvalue weighted by molar-refractivity contribution is 6.01. The Labute approximate surface area is 315 Å². The second-order valence-corrected chi connectivity index (χ2v) is 14.7. The molecule has 7 rings (SSSR count). The fourth-order valence-electron chi connectivity index (χ4n) is 6.80. The summed E-state index contributed by atoms with van der Waals surface area (Å²) in [5.41, 5.74) is 7.45. The molecule has 2 amide bonds. The Morgan fingerprint density at radius 1 is 0.981 bits per heavy atom. The summed E-state index contributed by atoms with van der Waals surface area (Å²) < 4.78 is 13.9. The van der Waals surface area contributed by atoms with Crippen molar-refractivity contribution >= 4 is 22.9 Å². The van der Waals surface area contributed by atoms with Crippen LogP contribution in [0.2, 0.25) is 0 Å². The molecule has 0 saturated carbocycles. The predicted molar refractivity (Wildman–Crippen MR) is 209 cm³/mol. The van der Waals surface area contributed by atoms with Gasteiger partial charge in [-0.15, -0.1) is 0 Å². The molecule has 1 aliphatic rings. The van der Waals surface area contributed by atoms with Gasteiger partial charge in [-0.3, -0.25) is 9.78 Å². The summed E-state index contributed by atoms with van der Waals surface area (Å²) >= 11 is 0. The van der Waals surface area contributed by atoms with Crippen molar-refractivity contribution in [3.63, 3.8) is 0 Å². The zero-order valence-electron chi connectivity index (χ0n) is 31.6. The second kappa shape index (κ2) is 15.7. The molecule has 11 heteroatoms. The van der Waals surface area contributed by atoms with E-state index < -0.39 is 5.60 Å². The van der Waals surface area contributed by atoms with E-state index >= 15 is 0 Å². The molecule has 3 aromatic carbocycles. The number of rotatable bonds is 10. The van der Waals surface area contributed by atoms with E-state index in [0.717, 1.165) is 63.5 Å². The number of imidazole rings is 1. The zero-order chi connectivity index (χ0) is 37.8. The van der Waals surface area contributed by atoms with Crippen molar-refractivity contribution in [3.05, 3.63) is 114 Å². The molecule has 1 unspecified atom stereocenters. The van der Waals surface area contributed by atoms with Crippen molar-refractivity contribution < 1.29 is 19.1 Å². The fraction of sp³-hybridized carbons (Fsp3) is 0.326. The third kappa shape index (κ3) is 7.91. The van der Waals surface area contributed by atoms with Gasteiger partial charge < -0.3 is 24.7 Å². The van der Waals surface area contributed by atoms with Crippen molar-refractivity contribution in [1.82, 2.24) is 34.9 Å². The summed E-state index contributed by atoms with van der Waals surface area (Å²) in [7, 11) is 0. The van der Waals surface area contributed by atoms with Crippen LogP contribution in [0.25, 0.3) is 44.8 Å². The summed E-state index contributed by atoms with van der Waals surface area (Å²) in [5.74, 6) is 0.220. The van der Waals surface area contributed by atoms with Crippen LogP contribution in [-0.4, -0.2) is 60.4 Å². The molecule has 2 N–H and O–H groups in total. The van der Waals surface area contributed by atoms with E-state index in [2.05, 4.69) is 40.4 Å². The first-order valence-electron chi connectivity index (χ1n) is 18.6. The van der Waals surface area contributed by atoms with E-state index in [1.54, 1.807) is 4.90 Å². The van der Waals surface area contributed by atoms with Crippen molar-refractivity contribution in [2.75, 3.05) is 13.2 Å². The van der Waals surface area contributed by atoms with Gasteiger partial charge in [0.1, 0.15) is 22.7 Å². The molecule has 0 spiro atoms. The average molecular weight is 726 g/mol. The SMILES string of the molecule is CCN(Cc1cncc(-c2ccc3c(c2)c(-c2nc(-c4ccccc4)c(C(=O)NCc4ccccc4)[nH]2)nn3C2CCCCO2)c1C)C(=O)OC(C)(C)C. The van der Waals surface area contributed by atoms with Crippen LogP contribution in [-0.2, 0) is 22.6 Å². The van der Waals surface area contributed by atoms with Gasteiger partial charge in [-0.05, 0) is 88.3 Å². The van der Waals surface area contributed by atoms with Crippen LogP contribution in [0.4, 0.5) is 4.79 Å². The summed E-state index contributed by atoms with van der Waals surface area (Å²) in [5, 5.41) is 9.08. The van der Waals surface area contributed by atoms with Gasteiger partial charge in [-0.25, -0.2) is 14.5 Å². The largest absolute Gasteiger partial charge is 0.444 e. The van der Waals surface area contributed by atoms with Crippen molar-refractivity contribution in [2.45, 2.75) is 78.8 Å². The summed E-state index contributed by atoms with van der Waals surface area (Å²) in [6.45, 7) is 11.5. The summed E-state index contributed by atoms with van der Waals surface area (Å²) in [4.78, 5) is 41.5.